The van der Waals surface area contributed by atoms with Gasteiger partial charge in [-0.3, -0.25) is 5.10 Å². The number of rotatable bonds is 3. The maximum absolute atomic E-state index is 11.4. The minimum Gasteiger partial charge on any atom is -0.460 e. The molecule has 0 bridgehead atoms. The first-order valence-electron chi connectivity index (χ1n) is 5.81. The van der Waals surface area contributed by atoms with Gasteiger partial charge in [0, 0.05) is 5.92 Å². The Morgan fingerprint density at radius 1 is 1.56 bits per heavy atom. The van der Waals surface area contributed by atoms with E-state index in [0.717, 1.165) is 12.2 Å². The average Bonchev–Trinajstić information content (AvgIpc) is 2.86. The van der Waals surface area contributed by atoms with Gasteiger partial charge in [0.2, 0.25) is 0 Å². The third-order valence-electron chi connectivity index (χ3n) is 3.17. The van der Waals surface area contributed by atoms with Crippen LogP contribution in [0, 0.1) is 5.92 Å². The van der Waals surface area contributed by atoms with Gasteiger partial charge >= 0.3 is 5.97 Å². The van der Waals surface area contributed by atoms with Gasteiger partial charge in [-0.1, -0.05) is 13.3 Å². The molecule has 1 aliphatic carbocycles. The second-order valence-corrected chi connectivity index (χ2v) is 4.28. The smallest absolute Gasteiger partial charge is 0.378 e. The van der Waals surface area contributed by atoms with Crippen LogP contribution in [-0.2, 0) is 4.74 Å². The highest BCUT2D eigenvalue weighted by Crippen LogP contribution is 2.37. The molecule has 2 unspecified atom stereocenters. The number of carbonyl (C=O) groups excluding carboxylic acids is 1. The molecule has 0 spiro atoms. The van der Waals surface area contributed by atoms with E-state index >= 15 is 0 Å². The molecule has 5 heteroatoms. The molecule has 0 amide bonds. The van der Waals surface area contributed by atoms with Gasteiger partial charge in [-0.25, -0.2) is 9.78 Å². The fourth-order valence-corrected chi connectivity index (χ4v) is 2.28. The van der Waals surface area contributed by atoms with E-state index in [1.165, 1.54) is 12.8 Å². The van der Waals surface area contributed by atoms with Crippen molar-refractivity contribution in [2.24, 2.45) is 5.92 Å². The standard InChI is InChI=1S/C11H17N3O2/c1-3-16-11(15)10-12-9(13-14-10)8-6-4-5-7(8)2/h7-8H,3-6H2,1-2H3,(H,12,13,14). The Labute approximate surface area is 94.6 Å². The van der Waals surface area contributed by atoms with Crippen LogP contribution < -0.4 is 0 Å². The van der Waals surface area contributed by atoms with Crippen molar-refractivity contribution in [2.75, 3.05) is 6.61 Å². The van der Waals surface area contributed by atoms with Gasteiger partial charge in [-0.2, -0.15) is 0 Å². The number of nitrogens with one attached hydrogen (secondary N) is 1. The van der Waals surface area contributed by atoms with Crippen LogP contribution in [0.3, 0.4) is 0 Å². The molecule has 1 aromatic rings. The van der Waals surface area contributed by atoms with Crippen molar-refractivity contribution >= 4 is 5.97 Å². The van der Waals surface area contributed by atoms with Gasteiger partial charge in [-0.05, 0) is 25.7 Å². The van der Waals surface area contributed by atoms with Gasteiger partial charge in [0.1, 0.15) is 5.82 Å². The average molecular weight is 223 g/mol. The molecule has 0 aliphatic heterocycles. The number of hydrogen-bond acceptors (Lipinski definition) is 4. The number of carbonyl (C=O) groups is 1. The SMILES string of the molecule is CCOC(=O)c1n[nH]c(C2CCCC2C)n1. The van der Waals surface area contributed by atoms with Crippen molar-refractivity contribution in [1.82, 2.24) is 15.2 Å². The summed E-state index contributed by atoms with van der Waals surface area (Å²) in [7, 11) is 0. The molecule has 16 heavy (non-hydrogen) atoms. The lowest BCUT2D eigenvalue weighted by Crippen LogP contribution is -2.08. The summed E-state index contributed by atoms with van der Waals surface area (Å²) in [5, 5.41) is 6.76. The van der Waals surface area contributed by atoms with Gasteiger partial charge in [0.25, 0.3) is 5.82 Å². The molecule has 1 aromatic heterocycles. The minimum absolute atomic E-state index is 0.149. The van der Waals surface area contributed by atoms with E-state index in [1.807, 2.05) is 0 Å². The van der Waals surface area contributed by atoms with Crippen molar-refractivity contribution in [3.8, 4) is 0 Å². The fraction of sp³-hybridized carbons (Fsp3) is 0.727. The maximum atomic E-state index is 11.4. The van der Waals surface area contributed by atoms with E-state index in [1.54, 1.807) is 6.92 Å². The summed E-state index contributed by atoms with van der Waals surface area (Å²) in [5.74, 6) is 1.55. The van der Waals surface area contributed by atoms with Crippen molar-refractivity contribution < 1.29 is 9.53 Å². The van der Waals surface area contributed by atoms with E-state index in [0.29, 0.717) is 18.4 Å². The molecule has 0 saturated heterocycles. The van der Waals surface area contributed by atoms with Gasteiger partial charge in [0.15, 0.2) is 0 Å². The fourth-order valence-electron chi connectivity index (χ4n) is 2.28. The Morgan fingerprint density at radius 3 is 3.00 bits per heavy atom. The molecule has 1 saturated carbocycles. The zero-order chi connectivity index (χ0) is 11.5. The Bertz CT molecular complexity index is 375. The molecular weight excluding hydrogens is 206 g/mol. The van der Waals surface area contributed by atoms with Crippen molar-refractivity contribution in [1.29, 1.82) is 0 Å². The quantitative estimate of drug-likeness (QED) is 0.794. The lowest BCUT2D eigenvalue weighted by atomic mass is 9.98. The number of aromatic nitrogens is 3. The summed E-state index contributed by atoms with van der Waals surface area (Å²) in [4.78, 5) is 15.6. The van der Waals surface area contributed by atoms with Crippen LogP contribution in [0.2, 0.25) is 0 Å². The molecule has 1 heterocycles. The third kappa shape index (κ3) is 2.08. The van der Waals surface area contributed by atoms with Gasteiger partial charge in [-0.15, -0.1) is 5.10 Å². The van der Waals surface area contributed by atoms with E-state index in [2.05, 4.69) is 22.1 Å². The number of H-pyrrole nitrogens is 1. The first kappa shape index (κ1) is 11.1. The Hall–Kier alpha value is -1.39. The summed E-state index contributed by atoms with van der Waals surface area (Å²) in [5.41, 5.74) is 0. The number of aromatic amines is 1. The Morgan fingerprint density at radius 2 is 2.38 bits per heavy atom. The molecule has 2 rings (SSSR count). The summed E-state index contributed by atoms with van der Waals surface area (Å²) in [6, 6.07) is 0. The summed E-state index contributed by atoms with van der Waals surface area (Å²) in [6.07, 6.45) is 3.57. The molecule has 2 atom stereocenters. The van der Waals surface area contributed by atoms with Crippen LogP contribution in [0.4, 0.5) is 0 Å². The normalized spacial score (nSPS) is 24.6. The van der Waals surface area contributed by atoms with Crippen LogP contribution >= 0.6 is 0 Å². The monoisotopic (exact) mass is 223 g/mol. The van der Waals surface area contributed by atoms with Crippen molar-refractivity contribution in [2.45, 2.75) is 39.0 Å². The minimum atomic E-state index is -0.448. The van der Waals surface area contributed by atoms with Crippen LogP contribution in [0.5, 0.6) is 0 Å². The zero-order valence-electron chi connectivity index (χ0n) is 9.69. The van der Waals surface area contributed by atoms with Gasteiger partial charge in [0.05, 0.1) is 6.61 Å². The lowest BCUT2D eigenvalue weighted by Gasteiger charge is -2.10. The predicted molar refractivity (Wildman–Crippen MR) is 58.1 cm³/mol. The first-order valence-corrected chi connectivity index (χ1v) is 5.81. The number of esters is 1. The summed E-state index contributed by atoms with van der Waals surface area (Å²) < 4.78 is 4.85. The van der Waals surface area contributed by atoms with Crippen LogP contribution in [-0.4, -0.2) is 27.8 Å². The Kier molecular flexibility index (Phi) is 3.22. The second kappa shape index (κ2) is 4.63. The van der Waals surface area contributed by atoms with Crippen LogP contribution in [0.25, 0.3) is 0 Å². The van der Waals surface area contributed by atoms with E-state index in [9.17, 15) is 4.79 Å². The molecule has 1 aliphatic rings. The highest BCUT2D eigenvalue weighted by molar-refractivity contribution is 5.84. The lowest BCUT2D eigenvalue weighted by molar-refractivity contribution is 0.0512. The molecule has 5 nitrogen and oxygen atoms in total. The molecule has 0 aromatic carbocycles. The number of ether oxygens (including phenoxy) is 1. The van der Waals surface area contributed by atoms with Crippen molar-refractivity contribution in [3.05, 3.63) is 11.6 Å². The first-order chi connectivity index (χ1) is 7.72. The van der Waals surface area contributed by atoms with Crippen LogP contribution in [0.15, 0.2) is 0 Å². The highest BCUT2D eigenvalue weighted by Gasteiger charge is 2.28. The molecular formula is C11H17N3O2. The number of nitrogens with zero attached hydrogens (tertiary/aromatic N) is 2. The number of hydrogen-bond donors (Lipinski definition) is 1. The van der Waals surface area contributed by atoms with Crippen LogP contribution in [0.1, 0.15) is 55.5 Å². The summed E-state index contributed by atoms with van der Waals surface area (Å²) >= 11 is 0. The van der Waals surface area contributed by atoms with E-state index in [4.69, 9.17) is 4.74 Å². The third-order valence-corrected chi connectivity index (χ3v) is 3.17. The Balaban J connectivity index is 2.10. The highest BCUT2D eigenvalue weighted by atomic mass is 16.5. The molecule has 1 N–H and O–H groups in total. The maximum Gasteiger partial charge on any atom is 0.378 e. The molecule has 0 radical (unpaired) electrons. The predicted octanol–water partition coefficient (Wildman–Crippen LogP) is 1.89. The molecule has 1 fully saturated rings. The largest absolute Gasteiger partial charge is 0.460 e. The summed E-state index contributed by atoms with van der Waals surface area (Å²) in [6.45, 7) is 4.33. The topological polar surface area (TPSA) is 67.9 Å². The zero-order valence-corrected chi connectivity index (χ0v) is 9.69. The van der Waals surface area contributed by atoms with E-state index < -0.39 is 5.97 Å². The van der Waals surface area contributed by atoms with Gasteiger partial charge < -0.3 is 4.74 Å². The molecule has 88 valence electrons. The second-order valence-electron chi connectivity index (χ2n) is 4.28. The van der Waals surface area contributed by atoms with E-state index in [-0.39, 0.29) is 5.82 Å². The van der Waals surface area contributed by atoms with Crippen molar-refractivity contribution in [3.63, 3.8) is 0 Å².